The maximum absolute atomic E-state index is 11.7. The van der Waals surface area contributed by atoms with E-state index in [1.165, 1.54) is 11.1 Å². The molecule has 0 spiro atoms. The summed E-state index contributed by atoms with van der Waals surface area (Å²) in [5, 5.41) is 2.98. The van der Waals surface area contributed by atoms with E-state index in [2.05, 4.69) is 36.5 Å². The Kier molecular flexibility index (Phi) is 7.70. The highest BCUT2D eigenvalue weighted by atomic mass is 32.2. The predicted octanol–water partition coefficient (Wildman–Crippen LogP) is 2.68. The van der Waals surface area contributed by atoms with Crippen LogP contribution in [0.4, 0.5) is 0 Å². The van der Waals surface area contributed by atoms with E-state index in [4.69, 9.17) is 0 Å². The molecule has 0 heterocycles. The molecule has 0 saturated heterocycles. The van der Waals surface area contributed by atoms with Crippen LogP contribution in [-0.2, 0) is 10.5 Å². The Bertz CT molecular complexity index is 421. The monoisotopic (exact) mass is 294 g/mol. The van der Waals surface area contributed by atoms with Crippen LogP contribution in [0, 0.1) is 6.92 Å². The van der Waals surface area contributed by atoms with Crippen LogP contribution in [0.2, 0.25) is 0 Å². The number of benzene rings is 1. The number of thioether (sulfide) groups is 1. The summed E-state index contributed by atoms with van der Waals surface area (Å²) in [6.45, 7) is 4.80. The molecule has 20 heavy (non-hydrogen) atoms. The average molecular weight is 294 g/mol. The Hall–Kier alpha value is -1.00. The van der Waals surface area contributed by atoms with Gasteiger partial charge in [-0.15, -0.1) is 0 Å². The molecule has 1 atom stereocenters. The molecule has 1 aromatic rings. The van der Waals surface area contributed by atoms with Gasteiger partial charge in [0, 0.05) is 12.3 Å². The second-order valence-corrected chi connectivity index (χ2v) is 6.43. The third kappa shape index (κ3) is 6.44. The minimum atomic E-state index is -0.0602. The highest BCUT2D eigenvalue weighted by molar-refractivity contribution is 7.98. The topological polar surface area (TPSA) is 32.3 Å². The second-order valence-electron chi connectivity index (χ2n) is 5.33. The van der Waals surface area contributed by atoms with Crippen molar-refractivity contribution in [1.29, 1.82) is 0 Å². The molecule has 1 amide bonds. The van der Waals surface area contributed by atoms with Crippen molar-refractivity contribution in [1.82, 2.24) is 10.2 Å². The average Bonchev–Trinajstić information content (AvgIpc) is 2.41. The van der Waals surface area contributed by atoms with Crippen molar-refractivity contribution in [2.24, 2.45) is 0 Å². The molecule has 0 aromatic heterocycles. The molecule has 0 aliphatic carbocycles. The number of nitrogens with one attached hydrogen (secondary N) is 1. The summed E-state index contributed by atoms with van der Waals surface area (Å²) in [4.78, 5) is 13.6. The third-order valence-electron chi connectivity index (χ3n) is 3.27. The molecule has 0 aliphatic rings. The van der Waals surface area contributed by atoms with Gasteiger partial charge in [-0.2, -0.15) is 11.8 Å². The normalized spacial score (nSPS) is 12.4. The van der Waals surface area contributed by atoms with Crippen LogP contribution >= 0.6 is 11.8 Å². The summed E-state index contributed by atoms with van der Waals surface area (Å²) in [5.74, 6) is 2.23. The second kappa shape index (κ2) is 9.03. The van der Waals surface area contributed by atoms with Gasteiger partial charge in [-0.05, 0) is 45.7 Å². The minimum absolute atomic E-state index is 0.0602. The van der Waals surface area contributed by atoms with Crippen molar-refractivity contribution in [2.75, 3.05) is 26.4 Å². The van der Waals surface area contributed by atoms with Crippen LogP contribution in [0.3, 0.4) is 0 Å². The SMILES string of the molecule is Cc1cccc(CSCCCNC(=O)[C@@H](C)N(C)C)c1. The van der Waals surface area contributed by atoms with E-state index in [-0.39, 0.29) is 11.9 Å². The van der Waals surface area contributed by atoms with Gasteiger partial charge in [-0.1, -0.05) is 29.8 Å². The van der Waals surface area contributed by atoms with Gasteiger partial charge in [-0.25, -0.2) is 0 Å². The molecule has 0 radical (unpaired) electrons. The van der Waals surface area contributed by atoms with Gasteiger partial charge in [-0.3, -0.25) is 9.69 Å². The van der Waals surface area contributed by atoms with Crippen LogP contribution in [0.1, 0.15) is 24.5 Å². The fourth-order valence-corrected chi connectivity index (χ4v) is 2.67. The highest BCUT2D eigenvalue weighted by Gasteiger charge is 2.13. The highest BCUT2D eigenvalue weighted by Crippen LogP contribution is 2.13. The molecule has 1 N–H and O–H groups in total. The number of hydrogen-bond acceptors (Lipinski definition) is 3. The number of amides is 1. The quantitative estimate of drug-likeness (QED) is 0.748. The van der Waals surface area contributed by atoms with Crippen molar-refractivity contribution < 1.29 is 4.79 Å². The molecular formula is C16H26N2OS. The smallest absolute Gasteiger partial charge is 0.237 e. The largest absolute Gasteiger partial charge is 0.355 e. The lowest BCUT2D eigenvalue weighted by Crippen LogP contribution is -2.41. The molecule has 4 heteroatoms. The summed E-state index contributed by atoms with van der Waals surface area (Å²) >= 11 is 1.92. The van der Waals surface area contributed by atoms with E-state index in [0.717, 1.165) is 24.5 Å². The van der Waals surface area contributed by atoms with E-state index in [0.29, 0.717) is 0 Å². The maximum atomic E-state index is 11.7. The number of carbonyl (C=O) groups is 1. The van der Waals surface area contributed by atoms with Crippen LogP contribution in [0.25, 0.3) is 0 Å². The van der Waals surface area contributed by atoms with Gasteiger partial charge in [0.2, 0.25) is 5.91 Å². The van der Waals surface area contributed by atoms with Crippen LogP contribution < -0.4 is 5.32 Å². The van der Waals surface area contributed by atoms with E-state index in [1.807, 2.05) is 37.7 Å². The van der Waals surface area contributed by atoms with Crippen molar-refractivity contribution >= 4 is 17.7 Å². The first-order valence-electron chi connectivity index (χ1n) is 7.08. The Balaban J connectivity index is 2.09. The first kappa shape index (κ1) is 17.1. The molecule has 0 aliphatic heterocycles. The number of nitrogens with zero attached hydrogens (tertiary/aromatic N) is 1. The van der Waals surface area contributed by atoms with Crippen LogP contribution in [-0.4, -0.2) is 43.2 Å². The zero-order valence-corrected chi connectivity index (χ0v) is 13.8. The predicted molar refractivity (Wildman–Crippen MR) is 88.1 cm³/mol. The molecular weight excluding hydrogens is 268 g/mol. The zero-order valence-electron chi connectivity index (χ0n) is 13.0. The molecule has 112 valence electrons. The lowest BCUT2D eigenvalue weighted by molar-refractivity contribution is -0.124. The summed E-state index contributed by atoms with van der Waals surface area (Å²) in [6, 6.07) is 8.56. The maximum Gasteiger partial charge on any atom is 0.237 e. The van der Waals surface area contributed by atoms with Crippen molar-refractivity contribution in [3.8, 4) is 0 Å². The van der Waals surface area contributed by atoms with Gasteiger partial charge in [0.05, 0.1) is 6.04 Å². The molecule has 3 nitrogen and oxygen atoms in total. The van der Waals surface area contributed by atoms with E-state index in [9.17, 15) is 4.79 Å². The molecule has 0 unspecified atom stereocenters. The lowest BCUT2D eigenvalue weighted by atomic mass is 10.2. The lowest BCUT2D eigenvalue weighted by Gasteiger charge is -2.18. The molecule has 0 bridgehead atoms. The molecule has 0 fully saturated rings. The number of aryl methyl sites for hydroxylation is 1. The first-order valence-corrected chi connectivity index (χ1v) is 8.23. The Labute approximate surface area is 127 Å². The van der Waals surface area contributed by atoms with Crippen LogP contribution in [0.15, 0.2) is 24.3 Å². The van der Waals surface area contributed by atoms with Crippen molar-refractivity contribution in [3.63, 3.8) is 0 Å². The van der Waals surface area contributed by atoms with E-state index >= 15 is 0 Å². The first-order chi connectivity index (χ1) is 9.50. The van der Waals surface area contributed by atoms with E-state index in [1.54, 1.807) is 0 Å². The van der Waals surface area contributed by atoms with Gasteiger partial charge in [0.1, 0.15) is 0 Å². The van der Waals surface area contributed by atoms with Crippen molar-refractivity contribution in [2.45, 2.75) is 32.1 Å². The standard InChI is InChI=1S/C16H26N2OS/c1-13-7-5-8-15(11-13)12-20-10-6-9-17-16(19)14(2)18(3)4/h5,7-8,11,14H,6,9-10,12H2,1-4H3,(H,17,19)/t14-/m1/s1. The van der Waals surface area contributed by atoms with Gasteiger partial charge >= 0.3 is 0 Å². The summed E-state index contributed by atoms with van der Waals surface area (Å²) in [5.41, 5.74) is 2.69. The summed E-state index contributed by atoms with van der Waals surface area (Å²) < 4.78 is 0. The summed E-state index contributed by atoms with van der Waals surface area (Å²) in [7, 11) is 3.84. The molecule has 0 saturated carbocycles. The Morgan fingerprint density at radius 1 is 1.40 bits per heavy atom. The number of likely N-dealkylation sites (N-methyl/N-ethyl adjacent to an activating group) is 1. The number of rotatable bonds is 8. The van der Waals surface area contributed by atoms with Crippen molar-refractivity contribution in [3.05, 3.63) is 35.4 Å². The van der Waals surface area contributed by atoms with Gasteiger partial charge in [0.25, 0.3) is 0 Å². The van der Waals surface area contributed by atoms with Gasteiger partial charge < -0.3 is 5.32 Å². The summed E-state index contributed by atoms with van der Waals surface area (Å²) in [6.07, 6.45) is 1.02. The zero-order chi connectivity index (χ0) is 15.0. The van der Waals surface area contributed by atoms with Gasteiger partial charge in [0.15, 0.2) is 0 Å². The minimum Gasteiger partial charge on any atom is -0.355 e. The fourth-order valence-electron chi connectivity index (χ4n) is 1.76. The third-order valence-corrected chi connectivity index (χ3v) is 4.38. The Morgan fingerprint density at radius 2 is 2.15 bits per heavy atom. The Morgan fingerprint density at radius 3 is 2.80 bits per heavy atom. The number of carbonyl (C=O) groups excluding carboxylic acids is 1. The molecule has 1 aromatic carbocycles. The van der Waals surface area contributed by atoms with E-state index < -0.39 is 0 Å². The molecule has 1 rings (SSSR count). The van der Waals surface area contributed by atoms with Crippen LogP contribution in [0.5, 0.6) is 0 Å². The number of hydrogen-bond donors (Lipinski definition) is 1. The fraction of sp³-hybridized carbons (Fsp3) is 0.562.